The number of nitrogens with one attached hydrogen (secondary N) is 2. The van der Waals surface area contributed by atoms with Crippen LogP contribution in [0.1, 0.15) is 35.3 Å². The summed E-state index contributed by atoms with van der Waals surface area (Å²) in [5, 5.41) is 7.47. The summed E-state index contributed by atoms with van der Waals surface area (Å²) in [4.78, 5) is 25.5. The number of fused-ring (bicyclic) bond motifs is 1. The number of carbonyl (C=O) groups is 2. The number of hydrogen-bond acceptors (Lipinski definition) is 6. The number of halogens is 2. The molecular weight excluding hydrogens is 562 g/mol. The Hall–Kier alpha value is -3.56. The molecule has 1 atom stereocenters. The summed E-state index contributed by atoms with van der Waals surface area (Å²) in [6.07, 6.45) is 1.51. The molecule has 0 radical (unpaired) electrons. The minimum atomic E-state index is -0.789. The smallest absolute Gasteiger partial charge is 0.262 e. The van der Waals surface area contributed by atoms with Crippen molar-refractivity contribution in [3.63, 3.8) is 0 Å². The van der Waals surface area contributed by atoms with Gasteiger partial charge in [0.1, 0.15) is 18.4 Å². The molecule has 3 aromatic rings. The van der Waals surface area contributed by atoms with Gasteiger partial charge in [-0.15, -0.1) is 0 Å². The Kier molecular flexibility index (Phi) is 8.68. The van der Waals surface area contributed by atoms with E-state index < -0.39 is 17.9 Å². The van der Waals surface area contributed by atoms with Crippen LogP contribution in [0.15, 0.2) is 70.2 Å². The number of nitrogens with zero attached hydrogens (tertiary/aromatic N) is 1. The van der Waals surface area contributed by atoms with E-state index in [0.29, 0.717) is 34.4 Å². The first-order valence-corrected chi connectivity index (χ1v) is 12.7. The Labute approximate surface area is 228 Å². The van der Waals surface area contributed by atoms with E-state index in [-0.39, 0.29) is 12.7 Å². The van der Waals surface area contributed by atoms with Gasteiger partial charge < -0.3 is 19.5 Å². The average molecular weight is 587 g/mol. The molecule has 10 heteroatoms. The summed E-state index contributed by atoms with van der Waals surface area (Å²) >= 11 is 9.68. The SMILES string of the molecule is CC(C)C(NC(=O)c1ccc2c(c1)OCO2)C(=O)NN=Cc1ccc(OCc2ccccc2Cl)c(Br)c1. The fourth-order valence-electron chi connectivity index (χ4n) is 3.52. The number of rotatable bonds is 9. The topological polar surface area (TPSA) is 98.2 Å². The van der Waals surface area contributed by atoms with Crippen molar-refractivity contribution in [1.29, 1.82) is 0 Å². The Morgan fingerprint density at radius 1 is 1.11 bits per heavy atom. The van der Waals surface area contributed by atoms with Crippen LogP contribution in [0.4, 0.5) is 0 Å². The molecule has 2 N–H and O–H groups in total. The Balaban J connectivity index is 1.33. The normalized spacial score (nSPS) is 13.0. The summed E-state index contributed by atoms with van der Waals surface area (Å²) in [6.45, 7) is 4.12. The summed E-state index contributed by atoms with van der Waals surface area (Å²) in [6, 6.07) is 17.0. The lowest BCUT2D eigenvalue weighted by atomic mass is 10.0. The largest absolute Gasteiger partial charge is 0.488 e. The lowest BCUT2D eigenvalue weighted by Crippen LogP contribution is -2.48. The van der Waals surface area contributed by atoms with Crippen LogP contribution in [-0.2, 0) is 11.4 Å². The number of hydrogen-bond donors (Lipinski definition) is 2. The Morgan fingerprint density at radius 2 is 1.89 bits per heavy atom. The zero-order valence-corrected chi connectivity index (χ0v) is 22.5. The van der Waals surface area contributed by atoms with Crippen molar-refractivity contribution in [2.45, 2.75) is 26.5 Å². The van der Waals surface area contributed by atoms with Gasteiger partial charge in [0.25, 0.3) is 11.8 Å². The number of carbonyl (C=O) groups excluding carboxylic acids is 2. The van der Waals surface area contributed by atoms with E-state index in [4.69, 9.17) is 25.8 Å². The van der Waals surface area contributed by atoms with Gasteiger partial charge in [-0.1, -0.05) is 43.6 Å². The predicted molar refractivity (Wildman–Crippen MR) is 144 cm³/mol. The molecule has 0 saturated carbocycles. The predicted octanol–water partition coefficient (Wildman–Crippen LogP) is 5.31. The lowest BCUT2D eigenvalue weighted by molar-refractivity contribution is -0.123. The van der Waals surface area contributed by atoms with Crippen LogP contribution >= 0.6 is 27.5 Å². The molecular formula is C27H25BrClN3O5. The standard InChI is InChI=1S/C27H25BrClN3O5/c1-16(2)25(31-26(33)18-8-10-23-24(12-18)37-15-36-23)27(34)32-30-13-17-7-9-22(20(28)11-17)35-14-19-5-3-4-6-21(19)29/h3-13,16,25H,14-15H2,1-2H3,(H,31,33)(H,32,34). The summed E-state index contributed by atoms with van der Waals surface area (Å²) in [5.74, 6) is 0.723. The molecule has 8 nitrogen and oxygen atoms in total. The van der Waals surface area contributed by atoms with E-state index in [9.17, 15) is 9.59 Å². The van der Waals surface area contributed by atoms with Gasteiger partial charge in [0.05, 0.1) is 10.7 Å². The molecule has 1 aliphatic rings. The number of ether oxygens (including phenoxy) is 3. The first-order valence-electron chi connectivity index (χ1n) is 11.5. The zero-order chi connectivity index (χ0) is 26.4. The second kappa shape index (κ2) is 12.1. The highest BCUT2D eigenvalue weighted by atomic mass is 79.9. The molecule has 4 rings (SSSR count). The molecule has 0 spiro atoms. The van der Waals surface area contributed by atoms with Crippen LogP contribution < -0.4 is 25.0 Å². The molecule has 0 aliphatic carbocycles. The molecule has 0 bridgehead atoms. The maximum atomic E-state index is 12.8. The fourth-order valence-corrected chi connectivity index (χ4v) is 4.22. The molecule has 0 aromatic heterocycles. The molecule has 3 aromatic carbocycles. The van der Waals surface area contributed by atoms with E-state index in [1.807, 2.05) is 50.2 Å². The molecule has 1 unspecified atom stereocenters. The van der Waals surface area contributed by atoms with Crippen molar-refractivity contribution >= 4 is 45.6 Å². The monoisotopic (exact) mass is 585 g/mol. The molecule has 1 heterocycles. The van der Waals surface area contributed by atoms with Crippen molar-refractivity contribution in [3.8, 4) is 17.2 Å². The van der Waals surface area contributed by atoms with Gasteiger partial charge in [-0.05, 0) is 69.9 Å². The Morgan fingerprint density at radius 3 is 2.65 bits per heavy atom. The second-order valence-electron chi connectivity index (χ2n) is 8.57. The second-order valence-corrected chi connectivity index (χ2v) is 9.83. The van der Waals surface area contributed by atoms with Crippen LogP contribution in [-0.4, -0.2) is 30.9 Å². The van der Waals surface area contributed by atoms with Gasteiger partial charge in [-0.3, -0.25) is 9.59 Å². The van der Waals surface area contributed by atoms with E-state index in [0.717, 1.165) is 15.6 Å². The van der Waals surface area contributed by atoms with Crippen molar-refractivity contribution in [2.75, 3.05) is 6.79 Å². The van der Waals surface area contributed by atoms with Crippen LogP contribution in [0.5, 0.6) is 17.2 Å². The number of benzene rings is 3. The third-order valence-electron chi connectivity index (χ3n) is 5.56. The summed E-state index contributed by atoms with van der Waals surface area (Å²) < 4.78 is 17.2. The number of hydrazone groups is 1. The molecule has 37 heavy (non-hydrogen) atoms. The van der Waals surface area contributed by atoms with Crippen LogP contribution in [0.3, 0.4) is 0 Å². The zero-order valence-electron chi connectivity index (χ0n) is 20.2. The van der Waals surface area contributed by atoms with E-state index in [2.05, 4.69) is 31.8 Å². The highest BCUT2D eigenvalue weighted by Gasteiger charge is 2.25. The van der Waals surface area contributed by atoms with Crippen molar-refractivity contribution < 1.29 is 23.8 Å². The maximum Gasteiger partial charge on any atom is 0.262 e. The van der Waals surface area contributed by atoms with Crippen molar-refractivity contribution in [1.82, 2.24) is 10.7 Å². The van der Waals surface area contributed by atoms with Gasteiger partial charge in [0, 0.05) is 16.1 Å². The first kappa shape index (κ1) is 26.5. The molecule has 1 aliphatic heterocycles. The van der Waals surface area contributed by atoms with Crippen molar-refractivity contribution in [2.24, 2.45) is 11.0 Å². The van der Waals surface area contributed by atoms with E-state index >= 15 is 0 Å². The van der Waals surface area contributed by atoms with Gasteiger partial charge in [-0.25, -0.2) is 5.43 Å². The minimum absolute atomic E-state index is 0.115. The fraction of sp³-hybridized carbons (Fsp3) is 0.222. The first-order chi connectivity index (χ1) is 17.8. The molecule has 192 valence electrons. The van der Waals surface area contributed by atoms with Gasteiger partial charge in [-0.2, -0.15) is 5.10 Å². The minimum Gasteiger partial charge on any atom is -0.488 e. The highest BCUT2D eigenvalue weighted by molar-refractivity contribution is 9.10. The van der Waals surface area contributed by atoms with Crippen LogP contribution in [0, 0.1) is 5.92 Å². The van der Waals surface area contributed by atoms with Gasteiger partial charge in [0.2, 0.25) is 6.79 Å². The molecule has 0 saturated heterocycles. The Bertz CT molecular complexity index is 1330. The molecule has 0 fully saturated rings. The van der Waals surface area contributed by atoms with Crippen LogP contribution in [0.2, 0.25) is 5.02 Å². The summed E-state index contributed by atoms with van der Waals surface area (Å²) in [5.41, 5.74) is 4.50. The van der Waals surface area contributed by atoms with E-state index in [1.54, 1.807) is 24.3 Å². The quantitative estimate of drug-likeness (QED) is 0.261. The highest BCUT2D eigenvalue weighted by Crippen LogP contribution is 2.32. The van der Waals surface area contributed by atoms with Gasteiger partial charge >= 0.3 is 0 Å². The third-order valence-corrected chi connectivity index (χ3v) is 6.54. The lowest BCUT2D eigenvalue weighted by Gasteiger charge is -2.20. The number of amides is 2. The average Bonchev–Trinajstić information content (AvgIpc) is 3.35. The molecule has 2 amide bonds. The van der Waals surface area contributed by atoms with Crippen LogP contribution in [0.25, 0.3) is 0 Å². The summed E-state index contributed by atoms with van der Waals surface area (Å²) in [7, 11) is 0. The maximum absolute atomic E-state index is 12.8. The van der Waals surface area contributed by atoms with Gasteiger partial charge in [0.15, 0.2) is 11.5 Å². The van der Waals surface area contributed by atoms with Crippen molar-refractivity contribution in [3.05, 3.63) is 86.8 Å². The third kappa shape index (κ3) is 6.81. The van der Waals surface area contributed by atoms with E-state index in [1.165, 1.54) is 6.21 Å².